The van der Waals surface area contributed by atoms with Gasteiger partial charge in [-0.2, -0.15) is 0 Å². The molecule has 0 aromatic rings. The molecule has 0 fully saturated rings. The molecule has 5 heteroatoms. The molecule has 530 valence electrons. The van der Waals surface area contributed by atoms with E-state index in [0.717, 1.165) is 37.5 Å². The molecule has 0 nitrogen and oxygen atoms in total. The van der Waals surface area contributed by atoms with Gasteiger partial charge in [0.25, 0.3) is 0 Å². The lowest BCUT2D eigenvalue weighted by atomic mass is 9.65. The number of rotatable bonds is 21. The molecule has 0 aliphatic carbocycles. The summed E-state index contributed by atoms with van der Waals surface area (Å²) in [5.41, 5.74) is -1.63. The SMILES string of the molecule is CC(C)C(C)(C)C.CCC(C)(C)C.CCC(C)(CC)C(C)(C)C.CCC(C)(F)CC.CCC(CC)C(C)(C)C.CCC(CC)[C@@](C)(F)CC.CCCC(C)(C)C.CCC[C@@](C)(F)CC.CCC[C@](C)(F)C(C(C)C)C(C)C.CC[C@](C)(F)C(C)C. The Morgan fingerprint density at radius 1 is 0.271 bits per heavy atom. The Morgan fingerprint density at radius 3 is 0.612 bits per heavy atom. The number of alkyl halides is 5. The molecule has 0 N–H and O–H groups in total. The first-order valence-corrected chi connectivity index (χ1v) is 36.1. The molecule has 0 radical (unpaired) electrons. The molecular weight excluding hydrogens is 1060 g/mol. The molecule has 0 saturated carbocycles. The van der Waals surface area contributed by atoms with Crippen molar-refractivity contribution in [3.63, 3.8) is 0 Å². The molecule has 4 atom stereocenters. The normalized spacial score (nSPS) is 15.0. The third-order valence-corrected chi connectivity index (χ3v) is 19.7. The first-order chi connectivity index (χ1) is 37.6. The lowest BCUT2D eigenvalue weighted by molar-refractivity contribution is 0.0305. The summed E-state index contributed by atoms with van der Waals surface area (Å²) in [6.45, 7) is 93.1. The maximum absolute atomic E-state index is 14.3. The Kier molecular flexibility index (Phi) is 65.2. The lowest BCUT2D eigenvalue weighted by Crippen LogP contribution is -2.37. The summed E-state index contributed by atoms with van der Waals surface area (Å²) in [6.07, 6.45) is 17.5. The highest BCUT2D eigenvalue weighted by Gasteiger charge is 2.37. The minimum Gasteiger partial charge on any atom is -0.244 e. The summed E-state index contributed by atoms with van der Waals surface area (Å²) >= 11 is 0. The smallest absolute Gasteiger partial charge is 0.111 e. The predicted octanol–water partition coefficient (Wildman–Crippen LogP) is 31.5. The van der Waals surface area contributed by atoms with Gasteiger partial charge in [-0.15, -0.1) is 0 Å². The minimum absolute atomic E-state index is 0.146. The van der Waals surface area contributed by atoms with Crippen molar-refractivity contribution in [2.45, 2.75) is 449 Å². The number of hydrogen-bond acceptors (Lipinski definition) is 0. The van der Waals surface area contributed by atoms with Crippen LogP contribution in [0.1, 0.15) is 420 Å². The van der Waals surface area contributed by atoms with Gasteiger partial charge in [0.15, 0.2) is 0 Å². The zero-order valence-electron chi connectivity index (χ0n) is 68.2. The van der Waals surface area contributed by atoms with Crippen molar-refractivity contribution in [1.82, 2.24) is 0 Å². The molecular formula is C80H175F5. The Balaban J connectivity index is -0.0000000926. The number of halogens is 5. The van der Waals surface area contributed by atoms with E-state index in [1.807, 2.05) is 55.4 Å². The van der Waals surface area contributed by atoms with Gasteiger partial charge < -0.3 is 0 Å². The van der Waals surface area contributed by atoms with Crippen LogP contribution in [0.25, 0.3) is 0 Å². The standard InChI is InChI=1S/C12H25F.C10H22.C9H19F.C9H20.2C7H15F.2C7H16.C6H13F.C6H14/c1-7-8-12(6,13)11(9(2)3)10(4)5;1-7-10(6,8-2)9(3,4)5;1-5-8(6-2)9(4,10)7-3;1-6-8(7-2)9(3,4)5;1-5-7(4,8)6(2)3;1-4-6-7(3,8)5-2;1-6(2)7(3,4)5;1-5-6-7(2,3)4;1-4-6(3,7)5-2;1-5-6(2,3)4/h9-11H,7-8H2,1-6H3;7-8H2,1-6H3;8H,5-7H2,1-4H3;8H,6-7H2,1-5H3;6H,5H2,1-4H3;4-6H2,1-3H3;6H,1-5H3;5-6H2,1-4H3;4-5H2,1-3H3;5H2,1-4H3/t12-;;9-;;2*7-;;;;/m0.0.00..../s1. The molecule has 0 aliphatic rings. The Bertz CT molecular complexity index is 1330. The van der Waals surface area contributed by atoms with Crippen LogP contribution in [0.15, 0.2) is 0 Å². The molecule has 0 aliphatic heterocycles. The van der Waals surface area contributed by atoms with Crippen LogP contribution in [0.4, 0.5) is 22.0 Å². The molecule has 0 spiro atoms. The van der Waals surface area contributed by atoms with Gasteiger partial charge >= 0.3 is 0 Å². The summed E-state index contributed by atoms with van der Waals surface area (Å²) in [6, 6.07) is 0. The molecule has 0 rings (SSSR count). The molecule has 0 amide bonds. The van der Waals surface area contributed by atoms with E-state index in [2.05, 4.69) is 215 Å². The predicted molar refractivity (Wildman–Crippen MR) is 391 cm³/mol. The molecule has 0 saturated heterocycles. The van der Waals surface area contributed by atoms with Crippen molar-refractivity contribution in [2.24, 2.45) is 73.9 Å². The molecule has 0 unspecified atom stereocenters. The molecule has 0 aromatic heterocycles. The van der Waals surface area contributed by atoms with Gasteiger partial charge in [0.2, 0.25) is 0 Å². The van der Waals surface area contributed by atoms with E-state index >= 15 is 0 Å². The van der Waals surface area contributed by atoms with Crippen LogP contribution in [0.5, 0.6) is 0 Å². The highest BCUT2D eigenvalue weighted by atomic mass is 19.2. The highest BCUT2D eigenvalue weighted by Crippen LogP contribution is 2.44. The lowest BCUT2D eigenvalue weighted by Gasteiger charge is -2.40. The largest absolute Gasteiger partial charge is 0.244 e. The number of hydrogen-bond donors (Lipinski definition) is 0. The van der Waals surface area contributed by atoms with E-state index in [9.17, 15) is 22.0 Å². The summed E-state index contributed by atoms with van der Waals surface area (Å²) < 4.78 is 66.1. The average Bonchev–Trinajstić information content (AvgIpc) is 3.34. The monoisotopic (exact) mass is 1230 g/mol. The van der Waals surface area contributed by atoms with Crippen LogP contribution in [0, 0.1) is 73.9 Å². The van der Waals surface area contributed by atoms with Gasteiger partial charge in [-0.1, -0.05) is 334 Å². The fourth-order valence-electron chi connectivity index (χ4n) is 9.17. The average molecular weight is 1230 g/mol. The van der Waals surface area contributed by atoms with E-state index < -0.39 is 28.3 Å². The fraction of sp³-hybridized carbons (Fsp3) is 1.00. The quantitative estimate of drug-likeness (QED) is 0.101. The van der Waals surface area contributed by atoms with Crippen LogP contribution >= 0.6 is 0 Å². The highest BCUT2D eigenvalue weighted by molar-refractivity contribution is 4.87. The van der Waals surface area contributed by atoms with Crippen LogP contribution in [-0.4, -0.2) is 28.3 Å². The van der Waals surface area contributed by atoms with Gasteiger partial charge in [0.1, 0.15) is 28.3 Å². The second-order valence-electron chi connectivity index (χ2n) is 33.8. The van der Waals surface area contributed by atoms with Crippen LogP contribution < -0.4 is 0 Å². The van der Waals surface area contributed by atoms with Crippen molar-refractivity contribution in [1.29, 1.82) is 0 Å². The first kappa shape index (κ1) is 106. The first-order valence-electron chi connectivity index (χ1n) is 36.1. The molecule has 85 heavy (non-hydrogen) atoms. The summed E-state index contributed by atoms with van der Waals surface area (Å²) in [7, 11) is 0. The fourth-order valence-corrected chi connectivity index (χ4v) is 9.17. The molecule has 0 aromatic carbocycles. The second-order valence-corrected chi connectivity index (χ2v) is 33.8. The second kappa shape index (κ2) is 52.2. The Labute approximate surface area is 541 Å². The zero-order chi connectivity index (χ0) is 71.3. The Morgan fingerprint density at radius 2 is 0.553 bits per heavy atom. The maximum Gasteiger partial charge on any atom is 0.111 e. The summed E-state index contributed by atoms with van der Waals surface area (Å²) in [5, 5.41) is 0. The Hall–Kier alpha value is -0.350. The van der Waals surface area contributed by atoms with E-state index in [0.29, 0.717) is 89.3 Å². The van der Waals surface area contributed by atoms with Crippen molar-refractivity contribution < 1.29 is 22.0 Å². The van der Waals surface area contributed by atoms with E-state index in [1.165, 1.54) is 44.9 Å². The maximum atomic E-state index is 14.3. The molecule has 0 bridgehead atoms. The van der Waals surface area contributed by atoms with Crippen LogP contribution in [-0.2, 0) is 0 Å². The molecule has 0 heterocycles. The minimum atomic E-state index is -0.989. The van der Waals surface area contributed by atoms with Gasteiger partial charge in [0, 0.05) is 0 Å². The van der Waals surface area contributed by atoms with E-state index in [-0.39, 0.29) is 17.8 Å². The van der Waals surface area contributed by atoms with E-state index in [1.54, 1.807) is 34.6 Å². The van der Waals surface area contributed by atoms with Crippen LogP contribution in [0.2, 0.25) is 0 Å². The van der Waals surface area contributed by atoms with Crippen molar-refractivity contribution in [2.75, 3.05) is 0 Å². The van der Waals surface area contributed by atoms with Gasteiger partial charge in [-0.05, 0) is 160 Å². The summed E-state index contributed by atoms with van der Waals surface area (Å²) in [5.74, 6) is 3.14. The van der Waals surface area contributed by atoms with Crippen molar-refractivity contribution >= 4 is 0 Å². The third-order valence-electron chi connectivity index (χ3n) is 19.7. The van der Waals surface area contributed by atoms with Gasteiger partial charge in [0.05, 0.1) is 0 Å². The van der Waals surface area contributed by atoms with Gasteiger partial charge in [-0.25, -0.2) is 22.0 Å². The van der Waals surface area contributed by atoms with Crippen molar-refractivity contribution in [3.8, 4) is 0 Å². The summed E-state index contributed by atoms with van der Waals surface area (Å²) in [4.78, 5) is 0. The van der Waals surface area contributed by atoms with E-state index in [4.69, 9.17) is 0 Å². The van der Waals surface area contributed by atoms with Crippen molar-refractivity contribution in [3.05, 3.63) is 0 Å². The topological polar surface area (TPSA) is 0 Å². The van der Waals surface area contributed by atoms with Gasteiger partial charge in [-0.3, -0.25) is 0 Å². The van der Waals surface area contributed by atoms with Crippen LogP contribution in [0.3, 0.4) is 0 Å². The zero-order valence-corrected chi connectivity index (χ0v) is 68.2. The third kappa shape index (κ3) is 67.9.